The molecule has 1 N–H and O–H groups in total. The van der Waals surface area contributed by atoms with E-state index in [1.54, 1.807) is 0 Å². The molecule has 1 fully saturated rings. The fourth-order valence-corrected chi connectivity index (χ4v) is 3.57. The number of hydrogen-bond acceptors (Lipinski definition) is 4. The molecule has 0 radical (unpaired) electrons. The first-order valence-electron chi connectivity index (χ1n) is 5.85. The third-order valence-corrected chi connectivity index (χ3v) is 4.58. The Labute approximate surface area is 115 Å². The topological polar surface area (TPSA) is 39.1 Å². The summed E-state index contributed by atoms with van der Waals surface area (Å²) in [6, 6.07) is 0.194. The Morgan fingerprint density at radius 2 is 2.59 bits per heavy atom. The van der Waals surface area contributed by atoms with Crippen molar-refractivity contribution in [2.45, 2.75) is 25.6 Å². The highest BCUT2D eigenvalue weighted by molar-refractivity contribution is 9.10. The SMILES string of the molecule is CCn1ncc(Br)c1C(NC)C1CSCCO1. The molecule has 17 heavy (non-hydrogen) atoms. The van der Waals surface area contributed by atoms with Crippen molar-refractivity contribution in [3.05, 3.63) is 16.4 Å². The van der Waals surface area contributed by atoms with Crippen LogP contribution in [0, 0.1) is 0 Å². The molecule has 1 aliphatic rings. The Bertz CT molecular complexity index is 366. The van der Waals surface area contributed by atoms with Crippen LogP contribution in [0.1, 0.15) is 18.7 Å². The van der Waals surface area contributed by atoms with Gasteiger partial charge < -0.3 is 10.1 Å². The average Bonchev–Trinajstić information content (AvgIpc) is 2.74. The Morgan fingerprint density at radius 3 is 3.18 bits per heavy atom. The molecule has 2 heterocycles. The highest BCUT2D eigenvalue weighted by atomic mass is 79.9. The van der Waals surface area contributed by atoms with Crippen LogP contribution in [0.3, 0.4) is 0 Å². The second kappa shape index (κ2) is 6.22. The molecule has 2 atom stereocenters. The van der Waals surface area contributed by atoms with Crippen molar-refractivity contribution < 1.29 is 4.74 Å². The summed E-state index contributed by atoms with van der Waals surface area (Å²) >= 11 is 5.53. The molecule has 0 saturated carbocycles. The smallest absolute Gasteiger partial charge is 0.0875 e. The van der Waals surface area contributed by atoms with Crippen LogP contribution in [-0.4, -0.2) is 41.0 Å². The van der Waals surface area contributed by atoms with Gasteiger partial charge in [0.1, 0.15) is 0 Å². The molecule has 0 aromatic carbocycles. The third kappa shape index (κ3) is 2.86. The number of thioether (sulfide) groups is 1. The number of rotatable bonds is 4. The number of ether oxygens (including phenoxy) is 1. The van der Waals surface area contributed by atoms with Crippen LogP contribution in [0.2, 0.25) is 0 Å². The quantitative estimate of drug-likeness (QED) is 0.922. The standard InChI is InChI=1S/C11H18BrN3OS/c1-3-15-11(8(12)6-14-15)10(13-2)9-7-17-5-4-16-9/h6,9-10,13H,3-5,7H2,1-2H3. The summed E-state index contributed by atoms with van der Waals surface area (Å²) in [6.45, 7) is 3.82. The Balaban J connectivity index is 2.23. The maximum Gasteiger partial charge on any atom is 0.0875 e. The zero-order chi connectivity index (χ0) is 12.3. The molecular weight excluding hydrogens is 302 g/mol. The maximum atomic E-state index is 5.86. The van der Waals surface area contributed by atoms with Crippen LogP contribution in [0.4, 0.5) is 0 Å². The van der Waals surface area contributed by atoms with Crippen molar-refractivity contribution in [3.63, 3.8) is 0 Å². The molecule has 1 aromatic heterocycles. The van der Waals surface area contributed by atoms with E-state index in [9.17, 15) is 0 Å². The van der Waals surface area contributed by atoms with Crippen molar-refractivity contribution in [3.8, 4) is 0 Å². The van der Waals surface area contributed by atoms with E-state index in [4.69, 9.17) is 4.74 Å². The van der Waals surface area contributed by atoms with E-state index in [1.165, 1.54) is 5.69 Å². The van der Waals surface area contributed by atoms with E-state index in [0.717, 1.165) is 29.1 Å². The number of likely N-dealkylation sites (N-methyl/N-ethyl adjacent to an activating group) is 1. The normalized spacial score (nSPS) is 22.6. The zero-order valence-electron chi connectivity index (χ0n) is 10.1. The second-order valence-electron chi connectivity index (χ2n) is 3.94. The summed E-state index contributed by atoms with van der Waals surface area (Å²) in [4.78, 5) is 0. The van der Waals surface area contributed by atoms with Crippen molar-refractivity contribution in [2.75, 3.05) is 25.2 Å². The van der Waals surface area contributed by atoms with Gasteiger partial charge >= 0.3 is 0 Å². The molecule has 1 aliphatic heterocycles. The monoisotopic (exact) mass is 319 g/mol. The Kier molecular flexibility index (Phi) is 4.90. The lowest BCUT2D eigenvalue weighted by molar-refractivity contribution is 0.0464. The zero-order valence-corrected chi connectivity index (χ0v) is 12.6. The summed E-state index contributed by atoms with van der Waals surface area (Å²) in [6.07, 6.45) is 2.08. The van der Waals surface area contributed by atoms with E-state index < -0.39 is 0 Å². The van der Waals surface area contributed by atoms with Crippen LogP contribution in [0.25, 0.3) is 0 Å². The molecule has 96 valence electrons. The summed E-state index contributed by atoms with van der Waals surface area (Å²) in [7, 11) is 1.98. The molecule has 0 amide bonds. The second-order valence-corrected chi connectivity index (χ2v) is 5.95. The number of nitrogens with zero attached hydrogens (tertiary/aromatic N) is 2. The molecule has 2 rings (SSSR count). The lowest BCUT2D eigenvalue weighted by Crippen LogP contribution is -2.38. The van der Waals surface area contributed by atoms with Gasteiger partial charge in [0.2, 0.25) is 0 Å². The predicted molar refractivity (Wildman–Crippen MR) is 74.5 cm³/mol. The number of aromatic nitrogens is 2. The van der Waals surface area contributed by atoms with Gasteiger partial charge in [-0.15, -0.1) is 0 Å². The Hall–Kier alpha value is -0.0400. The molecule has 6 heteroatoms. The van der Waals surface area contributed by atoms with Gasteiger partial charge in [0.15, 0.2) is 0 Å². The fraction of sp³-hybridized carbons (Fsp3) is 0.727. The van der Waals surface area contributed by atoms with Crippen molar-refractivity contribution in [1.29, 1.82) is 0 Å². The molecule has 4 nitrogen and oxygen atoms in total. The number of aryl methyl sites for hydroxylation is 1. The van der Waals surface area contributed by atoms with Gasteiger partial charge in [-0.3, -0.25) is 4.68 Å². The van der Waals surface area contributed by atoms with Gasteiger partial charge in [0, 0.05) is 18.1 Å². The maximum absolute atomic E-state index is 5.86. The number of halogens is 1. The van der Waals surface area contributed by atoms with Crippen molar-refractivity contribution >= 4 is 27.7 Å². The minimum Gasteiger partial charge on any atom is -0.374 e. The average molecular weight is 320 g/mol. The molecule has 1 aromatic rings. The van der Waals surface area contributed by atoms with E-state index in [0.29, 0.717) is 0 Å². The fourth-order valence-electron chi connectivity index (χ4n) is 2.13. The first-order chi connectivity index (χ1) is 8.27. The predicted octanol–water partition coefficient (Wildman–Crippen LogP) is 2.06. The number of hydrogen-bond donors (Lipinski definition) is 1. The summed E-state index contributed by atoms with van der Waals surface area (Å²) in [5.41, 5.74) is 1.18. The molecule has 0 bridgehead atoms. The minimum atomic E-state index is 0.194. The Morgan fingerprint density at radius 1 is 1.76 bits per heavy atom. The lowest BCUT2D eigenvalue weighted by atomic mass is 10.1. The third-order valence-electron chi connectivity index (χ3n) is 2.95. The van der Waals surface area contributed by atoms with Crippen LogP contribution in [0.15, 0.2) is 10.7 Å². The first kappa shape index (κ1) is 13.4. The van der Waals surface area contributed by atoms with Gasteiger partial charge in [-0.2, -0.15) is 16.9 Å². The van der Waals surface area contributed by atoms with Crippen LogP contribution < -0.4 is 5.32 Å². The van der Waals surface area contributed by atoms with Crippen molar-refractivity contribution in [1.82, 2.24) is 15.1 Å². The van der Waals surface area contributed by atoms with Gasteiger partial charge in [0.25, 0.3) is 0 Å². The van der Waals surface area contributed by atoms with Gasteiger partial charge in [-0.1, -0.05) is 0 Å². The summed E-state index contributed by atoms with van der Waals surface area (Å²) in [5.74, 6) is 2.13. The first-order valence-corrected chi connectivity index (χ1v) is 7.80. The van der Waals surface area contributed by atoms with Crippen LogP contribution in [-0.2, 0) is 11.3 Å². The van der Waals surface area contributed by atoms with E-state index >= 15 is 0 Å². The van der Waals surface area contributed by atoms with E-state index in [1.807, 2.05) is 29.7 Å². The van der Waals surface area contributed by atoms with E-state index in [2.05, 4.69) is 33.3 Å². The molecule has 1 saturated heterocycles. The van der Waals surface area contributed by atoms with Gasteiger partial charge in [-0.05, 0) is 29.9 Å². The van der Waals surface area contributed by atoms with E-state index in [-0.39, 0.29) is 12.1 Å². The summed E-state index contributed by atoms with van der Waals surface area (Å²) < 4.78 is 8.94. The van der Waals surface area contributed by atoms with Crippen LogP contribution in [0.5, 0.6) is 0 Å². The number of nitrogens with one attached hydrogen (secondary N) is 1. The van der Waals surface area contributed by atoms with Gasteiger partial charge in [0.05, 0.1) is 35.1 Å². The molecule has 2 unspecified atom stereocenters. The van der Waals surface area contributed by atoms with Crippen molar-refractivity contribution in [2.24, 2.45) is 0 Å². The minimum absolute atomic E-state index is 0.194. The molecule has 0 spiro atoms. The van der Waals surface area contributed by atoms with Crippen LogP contribution >= 0.6 is 27.7 Å². The van der Waals surface area contributed by atoms with Gasteiger partial charge in [-0.25, -0.2) is 0 Å². The molecular formula is C11H18BrN3OS. The summed E-state index contributed by atoms with van der Waals surface area (Å²) in [5, 5.41) is 7.73. The highest BCUT2D eigenvalue weighted by Crippen LogP contribution is 2.30. The molecule has 0 aliphatic carbocycles. The largest absolute Gasteiger partial charge is 0.374 e. The highest BCUT2D eigenvalue weighted by Gasteiger charge is 2.29. The lowest BCUT2D eigenvalue weighted by Gasteiger charge is -2.30.